The Morgan fingerprint density at radius 2 is 1.97 bits per heavy atom. The summed E-state index contributed by atoms with van der Waals surface area (Å²) in [7, 11) is 2.05. The van der Waals surface area contributed by atoms with E-state index in [0.717, 1.165) is 41.3 Å². The van der Waals surface area contributed by atoms with Gasteiger partial charge in [0, 0.05) is 41.9 Å². The quantitative estimate of drug-likeness (QED) is 0.585. The lowest BCUT2D eigenvalue weighted by atomic mass is 9.89. The number of pyridine rings is 1. The molecule has 0 saturated carbocycles. The normalized spacial score (nSPS) is 15.5. The number of aryl methyl sites for hydroxylation is 1. The second-order valence-corrected chi connectivity index (χ2v) is 7.99. The van der Waals surface area contributed by atoms with Crippen molar-refractivity contribution in [2.45, 2.75) is 25.3 Å². The van der Waals surface area contributed by atoms with Crippen LogP contribution >= 0.6 is 11.6 Å². The van der Waals surface area contributed by atoms with Gasteiger partial charge in [-0.25, -0.2) is 4.79 Å². The lowest BCUT2D eigenvalue weighted by molar-refractivity contribution is 0.0695. The van der Waals surface area contributed by atoms with Crippen molar-refractivity contribution in [3.8, 4) is 0 Å². The molecule has 0 saturated heterocycles. The molecule has 3 aromatic rings. The Kier molecular flexibility index (Phi) is 6.02. The molecule has 154 valence electrons. The molecule has 5 nitrogen and oxygen atoms in total. The highest BCUT2D eigenvalue weighted by atomic mass is 35.5. The number of aromatic nitrogens is 1. The first-order chi connectivity index (χ1) is 14.5. The smallest absolute Gasteiger partial charge is 0.336 e. The molecule has 0 unspecified atom stereocenters. The van der Waals surface area contributed by atoms with Crippen molar-refractivity contribution in [1.82, 2.24) is 10.3 Å². The Hall–Kier alpha value is -2.89. The highest BCUT2D eigenvalue weighted by molar-refractivity contribution is 6.30. The fourth-order valence-electron chi connectivity index (χ4n) is 4.05. The maximum Gasteiger partial charge on any atom is 0.336 e. The largest absolute Gasteiger partial charge is 0.478 e. The number of benzene rings is 2. The van der Waals surface area contributed by atoms with E-state index in [-0.39, 0.29) is 6.04 Å². The number of nitrogens with zero attached hydrogens (tertiary/aromatic N) is 2. The Bertz CT molecular complexity index is 1050. The molecule has 2 aromatic carbocycles. The van der Waals surface area contributed by atoms with E-state index in [1.54, 1.807) is 12.3 Å². The third-order valence-corrected chi connectivity index (χ3v) is 5.98. The summed E-state index contributed by atoms with van der Waals surface area (Å²) in [5, 5.41) is 13.7. The van der Waals surface area contributed by atoms with Crippen molar-refractivity contribution >= 4 is 28.9 Å². The van der Waals surface area contributed by atoms with E-state index in [1.165, 1.54) is 17.3 Å². The summed E-state index contributed by atoms with van der Waals surface area (Å²) in [6.07, 6.45) is 5.66. The Balaban J connectivity index is 1.52. The summed E-state index contributed by atoms with van der Waals surface area (Å²) >= 11 is 6.01. The maximum atomic E-state index is 11.5. The van der Waals surface area contributed by atoms with Gasteiger partial charge in [-0.2, -0.15) is 0 Å². The van der Waals surface area contributed by atoms with Crippen molar-refractivity contribution in [3.63, 3.8) is 0 Å². The molecule has 0 aliphatic carbocycles. The summed E-state index contributed by atoms with van der Waals surface area (Å²) in [5.74, 6) is -0.903. The van der Waals surface area contributed by atoms with Crippen molar-refractivity contribution in [3.05, 3.63) is 88.2 Å². The molecular weight excluding hydrogens is 398 g/mol. The first kappa shape index (κ1) is 20.4. The lowest BCUT2D eigenvalue weighted by Gasteiger charge is -2.29. The highest BCUT2D eigenvalue weighted by Gasteiger charge is 2.21. The SMILES string of the molecule is CN(c1ccc(Cl)cc1)c1ccc2c(c1)CCN[C@@H]2CCc1cnccc1C(=O)O. The van der Waals surface area contributed by atoms with Crippen LogP contribution in [0.5, 0.6) is 0 Å². The summed E-state index contributed by atoms with van der Waals surface area (Å²) < 4.78 is 0. The van der Waals surface area contributed by atoms with Gasteiger partial charge in [0.1, 0.15) is 0 Å². The first-order valence-corrected chi connectivity index (χ1v) is 10.4. The average molecular weight is 422 g/mol. The van der Waals surface area contributed by atoms with E-state index >= 15 is 0 Å². The number of aromatic carboxylic acids is 1. The maximum absolute atomic E-state index is 11.5. The number of rotatable bonds is 6. The minimum atomic E-state index is -0.903. The number of fused-ring (bicyclic) bond motifs is 1. The molecule has 0 radical (unpaired) electrons. The van der Waals surface area contributed by atoms with Crippen LogP contribution in [-0.2, 0) is 12.8 Å². The molecule has 1 aliphatic heterocycles. The van der Waals surface area contributed by atoms with Gasteiger partial charge < -0.3 is 15.3 Å². The van der Waals surface area contributed by atoms with Crippen LogP contribution in [0.1, 0.15) is 39.5 Å². The topological polar surface area (TPSA) is 65.5 Å². The van der Waals surface area contributed by atoms with Crippen LogP contribution in [-0.4, -0.2) is 29.7 Å². The minimum Gasteiger partial charge on any atom is -0.478 e. The standard InChI is InChI=1S/C24H24ClN3O2/c1-28(19-5-3-18(25)4-6-19)20-7-8-21-16(14-20)10-13-27-23(21)9-2-17-15-26-12-11-22(17)24(29)30/h3-8,11-12,14-15,23,27H,2,9-10,13H2,1H3,(H,29,30)/t23-/m1/s1. The lowest BCUT2D eigenvalue weighted by Crippen LogP contribution is -2.30. The predicted octanol–water partition coefficient (Wildman–Crippen LogP) is 5.02. The van der Waals surface area contributed by atoms with Crippen LogP contribution in [0, 0.1) is 0 Å². The Morgan fingerprint density at radius 3 is 2.73 bits per heavy atom. The third kappa shape index (κ3) is 4.32. The van der Waals surface area contributed by atoms with E-state index in [0.29, 0.717) is 12.0 Å². The van der Waals surface area contributed by atoms with Gasteiger partial charge in [0.2, 0.25) is 0 Å². The van der Waals surface area contributed by atoms with Crippen LogP contribution in [0.3, 0.4) is 0 Å². The summed E-state index contributed by atoms with van der Waals surface area (Å²) in [6, 6.07) is 16.2. The van der Waals surface area contributed by atoms with Gasteiger partial charge in [-0.15, -0.1) is 0 Å². The zero-order valence-electron chi connectivity index (χ0n) is 16.8. The van der Waals surface area contributed by atoms with Gasteiger partial charge in [0.05, 0.1) is 5.56 Å². The molecule has 1 atom stereocenters. The summed E-state index contributed by atoms with van der Waals surface area (Å²) in [5.41, 5.74) is 5.95. The van der Waals surface area contributed by atoms with Crippen molar-refractivity contribution in [2.24, 2.45) is 0 Å². The second kappa shape index (κ2) is 8.86. The molecule has 2 heterocycles. The van der Waals surface area contributed by atoms with Crippen LogP contribution in [0.15, 0.2) is 60.9 Å². The number of anilines is 2. The van der Waals surface area contributed by atoms with Crippen LogP contribution < -0.4 is 10.2 Å². The molecular formula is C24H24ClN3O2. The highest BCUT2D eigenvalue weighted by Crippen LogP contribution is 2.32. The number of hydrogen-bond acceptors (Lipinski definition) is 4. The Labute approximate surface area is 181 Å². The van der Waals surface area contributed by atoms with Crippen LogP contribution in [0.2, 0.25) is 5.02 Å². The monoisotopic (exact) mass is 421 g/mol. The van der Waals surface area contributed by atoms with E-state index < -0.39 is 5.97 Å². The number of hydrogen-bond donors (Lipinski definition) is 2. The number of carboxylic acids is 1. The van der Waals surface area contributed by atoms with Crippen LogP contribution in [0.25, 0.3) is 0 Å². The number of carboxylic acid groups (broad SMARTS) is 1. The van der Waals surface area contributed by atoms with Gasteiger partial charge >= 0.3 is 5.97 Å². The van der Waals surface area contributed by atoms with E-state index in [9.17, 15) is 9.90 Å². The molecule has 6 heteroatoms. The number of nitrogens with one attached hydrogen (secondary N) is 1. The third-order valence-electron chi connectivity index (χ3n) is 5.72. The Morgan fingerprint density at radius 1 is 1.20 bits per heavy atom. The van der Waals surface area contributed by atoms with Crippen molar-refractivity contribution in [2.75, 3.05) is 18.5 Å². The van der Waals surface area contributed by atoms with Gasteiger partial charge in [-0.1, -0.05) is 17.7 Å². The fraction of sp³-hybridized carbons (Fsp3) is 0.250. The molecule has 1 aliphatic rings. The van der Waals surface area contributed by atoms with Gasteiger partial charge in [0.25, 0.3) is 0 Å². The van der Waals surface area contributed by atoms with E-state index in [2.05, 4.69) is 40.4 Å². The molecule has 1 aromatic heterocycles. The van der Waals surface area contributed by atoms with Crippen molar-refractivity contribution in [1.29, 1.82) is 0 Å². The van der Waals surface area contributed by atoms with Crippen molar-refractivity contribution < 1.29 is 9.90 Å². The summed E-state index contributed by atoms with van der Waals surface area (Å²) in [4.78, 5) is 17.7. The number of carbonyl (C=O) groups is 1. The first-order valence-electron chi connectivity index (χ1n) is 10.0. The molecule has 30 heavy (non-hydrogen) atoms. The number of halogens is 1. The molecule has 0 amide bonds. The zero-order chi connectivity index (χ0) is 21.1. The molecule has 2 N–H and O–H groups in total. The minimum absolute atomic E-state index is 0.200. The average Bonchev–Trinajstić information content (AvgIpc) is 2.77. The molecule has 4 rings (SSSR count). The summed E-state index contributed by atoms with van der Waals surface area (Å²) in [6.45, 7) is 0.907. The van der Waals surface area contributed by atoms with Crippen LogP contribution in [0.4, 0.5) is 11.4 Å². The van der Waals surface area contributed by atoms with Gasteiger partial charge in [-0.3, -0.25) is 4.98 Å². The molecule has 0 bridgehead atoms. The van der Waals surface area contributed by atoms with Gasteiger partial charge in [-0.05, 0) is 85.0 Å². The second-order valence-electron chi connectivity index (χ2n) is 7.55. The fourth-order valence-corrected chi connectivity index (χ4v) is 4.18. The molecule has 0 spiro atoms. The molecule has 0 fully saturated rings. The predicted molar refractivity (Wildman–Crippen MR) is 120 cm³/mol. The zero-order valence-corrected chi connectivity index (χ0v) is 17.6. The van der Waals surface area contributed by atoms with E-state index in [4.69, 9.17) is 11.6 Å². The van der Waals surface area contributed by atoms with E-state index in [1.807, 2.05) is 24.3 Å². The van der Waals surface area contributed by atoms with Gasteiger partial charge in [0.15, 0.2) is 0 Å².